The Bertz CT molecular complexity index is 872. The molecule has 2 aromatic carbocycles. The van der Waals surface area contributed by atoms with Gasteiger partial charge in [-0.15, -0.1) is 0 Å². The molecule has 2 rings (SSSR count). The van der Waals surface area contributed by atoms with Gasteiger partial charge in [0, 0.05) is 6.16 Å². The third-order valence-corrected chi connectivity index (χ3v) is 7.19. The van der Waals surface area contributed by atoms with Crippen molar-refractivity contribution >= 4 is 18.8 Å². The van der Waals surface area contributed by atoms with Crippen molar-refractivity contribution in [3.63, 3.8) is 0 Å². The number of hydrogen-bond acceptors (Lipinski definition) is 7. The van der Waals surface area contributed by atoms with E-state index in [-0.39, 0.29) is 11.3 Å². The Hall–Kier alpha value is -2.61. The van der Waals surface area contributed by atoms with E-state index in [0.717, 1.165) is 6.42 Å². The summed E-state index contributed by atoms with van der Waals surface area (Å²) in [5, 5.41) is 6.03. The van der Waals surface area contributed by atoms with Crippen molar-refractivity contribution in [3.05, 3.63) is 36.4 Å². The first-order chi connectivity index (χ1) is 16.1. The van der Waals surface area contributed by atoms with Gasteiger partial charge in [-0.05, 0) is 42.0 Å². The molecule has 9 nitrogen and oxygen atoms in total. The van der Waals surface area contributed by atoms with Crippen LogP contribution in [0.4, 0.5) is 11.4 Å². The maximum absolute atomic E-state index is 14.1. The van der Waals surface area contributed by atoms with E-state index in [1.807, 2.05) is 12.1 Å². The van der Waals surface area contributed by atoms with Crippen molar-refractivity contribution in [2.24, 2.45) is 11.3 Å². The molecular weight excluding hydrogens is 455 g/mol. The molecule has 34 heavy (non-hydrogen) atoms. The molecule has 0 saturated heterocycles. The number of para-hydroxylation sites is 2. The number of rotatable bonds is 13. The number of ether oxygens (including phenoxy) is 4. The van der Waals surface area contributed by atoms with Crippen LogP contribution >= 0.6 is 7.44 Å². The van der Waals surface area contributed by atoms with E-state index in [2.05, 4.69) is 48.9 Å². The second kappa shape index (κ2) is 12.2. The lowest BCUT2D eigenvalue weighted by Gasteiger charge is -2.29. The van der Waals surface area contributed by atoms with Crippen molar-refractivity contribution in [2.45, 2.75) is 34.1 Å². The summed E-state index contributed by atoms with van der Waals surface area (Å²) in [6.07, 6.45) is 1.27. The number of hydrazine groups is 2. The summed E-state index contributed by atoms with van der Waals surface area (Å²) in [7, 11) is 3.01. The van der Waals surface area contributed by atoms with Crippen LogP contribution in [-0.2, 0) is 4.57 Å². The second-order valence-corrected chi connectivity index (χ2v) is 11.6. The van der Waals surface area contributed by atoms with Gasteiger partial charge in [-0.2, -0.15) is 10.4 Å². The van der Waals surface area contributed by atoms with Gasteiger partial charge in [0.05, 0.1) is 28.4 Å². The molecule has 0 radical (unpaired) electrons. The fourth-order valence-electron chi connectivity index (χ4n) is 3.91. The first-order valence-corrected chi connectivity index (χ1v) is 13.0. The molecule has 0 aliphatic rings. The minimum absolute atomic E-state index is 0.100. The lowest BCUT2D eigenvalue weighted by Crippen LogP contribution is -2.34. The highest BCUT2D eigenvalue weighted by Crippen LogP contribution is 2.44. The Labute approximate surface area is 203 Å². The number of benzene rings is 2. The quantitative estimate of drug-likeness (QED) is 0.212. The topological polar surface area (TPSA) is 102 Å². The van der Waals surface area contributed by atoms with Crippen LogP contribution in [-0.4, -0.2) is 34.6 Å². The second-order valence-electron chi connectivity index (χ2n) is 9.34. The van der Waals surface area contributed by atoms with E-state index >= 15 is 0 Å². The lowest BCUT2D eigenvalue weighted by molar-refractivity contribution is 0.320. The average Bonchev–Trinajstić information content (AvgIpc) is 2.79. The molecule has 2 aromatic rings. The average molecular weight is 495 g/mol. The van der Waals surface area contributed by atoms with Crippen molar-refractivity contribution < 1.29 is 23.5 Å². The van der Waals surface area contributed by atoms with Crippen molar-refractivity contribution in [1.29, 1.82) is 0 Å². The van der Waals surface area contributed by atoms with E-state index < -0.39 is 7.44 Å². The van der Waals surface area contributed by atoms with Crippen molar-refractivity contribution in [3.8, 4) is 23.0 Å². The first-order valence-electron chi connectivity index (χ1n) is 11.1. The lowest BCUT2D eigenvalue weighted by atomic mass is 9.86. The van der Waals surface area contributed by atoms with Gasteiger partial charge >= 0.3 is 0 Å². The summed E-state index contributed by atoms with van der Waals surface area (Å²) in [5.41, 5.74) is 7.31. The zero-order valence-corrected chi connectivity index (χ0v) is 22.3. The van der Waals surface area contributed by atoms with Crippen LogP contribution in [0.1, 0.15) is 34.1 Å². The summed E-state index contributed by atoms with van der Waals surface area (Å²) in [6.45, 7) is 8.61. The molecule has 0 spiro atoms. The third kappa shape index (κ3) is 7.72. The van der Waals surface area contributed by atoms with E-state index in [9.17, 15) is 4.57 Å². The van der Waals surface area contributed by atoms with Gasteiger partial charge in [0.2, 0.25) is 7.44 Å². The van der Waals surface area contributed by atoms with Gasteiger partial charge in [0.15, 0.2) is 0 Å². The fraction of sp³-hybridized carbons (Fsp3) is 0.500. The Balaban J connectivity index is 2.32. The maximum atomic E-state index is 14.1. The predicted molar refractivity (Wildman–Crippen MR) is 138 cm³/mol. The SMILES string of the molecule is COc1cccc(OC)c1NNP(=O)(CC(C)CC(C)(C)C)NNc1c(OC)cccc1OC. The zero-order valence-electron chi connectivity index (χ0n) is 21.4. The largest absolute Gasteiger partial charge is 0.494 e. The predicted octanol–water partition coefficient (Wildman–Crippen LogP) is 5.52. The monoisotopic (exact) mass is 494 g/mol. The summed E-state index contributed by atoms with van der Waals surface area (Å²) < 4.78 is 35.9. The number of anilines is 2. The van der Waals surface area contributed by atoms with Crippen LogP contribution in [0.25, 0.3) is 0 Å². The van der Waals surface area contributed by atoms with Crippen LogP contribution in [0.15, 0.2) is 36.4 Å². The first kappa shape index (κ1) is 27.6. The summed E-state index contributed by atoms with van der Waals surface area (Å²) in [6, 6.07) is 10.8. The van der Waals surface area contributed by atoms with Gasteiger partial charge in [0.25, 0.3) is 0 Å². The molecule has 1 unspecified atom stereocenters. The van der Waals surface area contributed by atoms with Crippen LogP contribution in [0.2, 0.25) is 0 Å². The van der Waals surface area contributed by atoms with E-state index in [1.54, 1.807) is 52.7 Å². The molecule has 0 fully saturated rings. The van der Waals surface area contributed by atoms with E-state index in [0.29, 0.717) is 40.5 Å². The minimum atomic E-state index is -3.26. The van der Waals surface area contributed by atoms with Gasteiger partial charge < -0.3 is 29.8 Å². The van der Waals surface area contributed by atoms with Gasteiger partial charge in [-0.25, -0.2) is 0 Å². The van der Waals surface area contributed by atoms with Crippen LogP contribution in [0.3, 0.4) is 0 Å². The molecule has 0 aliphatic heterocycles. The molecule has 1 atom stereocenters. The van der Waals surface area contributed by atoms with E-state index in [4.69, 9.17) is 18.9 Å². The minimum Gasteiger partial charge on any atom is -0.494 e. The Morgan fingerprint density at radius 1 is 0.765 bits per heavy atom. The highest BCUT2D eigenvalue weighted by molar-refractivity contribution is 7.59. The van der Waals surface area contributed by atoms with Gasteiger partial charge in [-0.1, -0.05) is 39.8 Å². The Morgan fingerprint density at radius 3 is 1.41 bits per heavy atom. The summed E-state index contributed by atoms with van der Waals surface area (Å²) >= 11 is 0. The van der Waals surface area contributed by atoms with Crippen molar-refractivity contribution in [2.75, 3.05) is 45.5 Å². The summed E-state index contributed by atoms with van der Waals surface area (Å²) in [5.74, 6) is 2.38. The molecule has 190 valence electrons. The molecule has 0 amide bonds. The summed E-state index contributed by atoms with van der Waals surface area (Å²) in [4.78, 5) is 0. The molecule has 10 heteroatoms. The standard InChI is InChI=1S/C24H39N4O5P/c1-17(15-24(2,3)4)16-34(29,27-25-22-18(30-5)11-9-12-19(22)31-6)28-26-23-20(32-7)13-10-14-21(23)33-8/h9-14,17,25-26H,15-16H2,1-8H3,(H2,27,28,29). The van der Waals surface area contributed by atoms with Crippen LogP contribution in [0.5, 0.6) is 23.0 Å². The smallest absolute Gasteiger partial charge is 0.245 e. The maximum Gasteiger partial charge on any atom is 0.245 e. The zero-order chi connectivity index (χ0) is 25.4. The number of hydrogen-bond donors (Lipinski definition) is 4. The van der Waals surface area contributed by atoms with Crippen molar-refractivity contribution in [1.82, 2.24) is 10.4 Å². The van der Waals surface area contributed by atoms with E-state index in [1.165, 1.54) is 0 Å². The highest BCUT2D eigenvalue weighted by Gasteiger charge is 2.29. The molecular formula is C24H39N4O5P. The van der Waals surface area contributed by atoms with Gasteiger partial charge in [0.1, 0.15) is 34.4 Å². The molecule has 0 aromatic heterocycles. The Kier molecular flexibility index (Phi) is 9.91. The molecule has 0 aliphatic carbocycles. The van der Waals surface area contributed by atoms with Crippen LogP contribution in [0, 0.1) is 11.3 Å². The molecule has 0 saturated carbocycles. The Morgan fingerprint density at radius 2 is 1.12 bits per heavy atom. The highest BCUT2D eigenvalue weighted by atomic mass is 31.2. The molecule has 4 N–H and O–H groups in total. The number of nitrogens with one attached hydrogen (secondary N) is 4. The van der Waals surface area contributed by atoms with Crippen LogP contribution < -0.4 is 40.2 Å². The third-order valence-electron chi connectivity index (χ3n) is 5.11. The number of methoxy groups -OCH3 is 4. The van der Waals surface area contributed by atoms with Gasteiger partial charge in [-0.3, -0.25) is 4.57 Å². The fourth-order valence-corrected chi connectivity index (χ4v) is 5.74. The normalized spacial score (nSPS) is 12.6. The molecule has 0 bridgehead atoms. The molecule has 0 heterocycles.